The average Bonchev–Trinajstić information content (AvgIpc) is 2.59. The molecule has 3 heteroatoms. The van der Waals surface area contributed by atoms with Gasteiger partial charge in [-0.3, -0.25) is 0 Å². The molecule has 0 amide bonds. The Morgan fingerprint density at radius 3 is 2.75 bits per heavy atom. The lowest BCUT2D eigenvalue weighted by Gasteiger charge is -2.17. The van der Waals surface area contributed by atoms with Gasteiger partial charge in [-0.2, -0.15) is 5.26 Å². The smallest absolute Gasteiger partial charge is 0.0991 e. The molecule has 0 aliphatic carbocycles. The Balaban J connectivity index is 1.94. The lowest BCUT2D eigenvalue weighted by atomic mass is 10.1. The summed E-state index contributed by atoms with van der Waals surface area (Å²) in [4.78, 5) is 0. The topological polar surface area (TPSA) is 47.9 Å². The molecule has 1 saturated heterocycles. The highest BCUT2D eigenvalue weighted by Gasteiger charge is 2.10. The highest BCUT2D eigenvalue weighted by molar-refractivity contribution is 5.47. The molecule has 0 spiro atoms. The Morgan fingerprint density at radius 1 is 1.19 bits per heavy atom. The van der Waals surface area contributed by atoms with Gasteiger partial charge in [0.1, 0.15) is 0 Å². The zero-order chi connectivity index (χ0) is 11.2. The second-order valence-corrected chi connectivity index (χ2v) is 4.21. The van der Waals surface area contributed by atoms with Gasteiger partial charge in [0.15, 0.2) is 0 Å². The van der Waals surface area contributed by atoms with Crippen LogP contribution in [-0.2, 0) is 0 Å². The lowest BCUT2D eigenvalue weighted by molar-refractivity contribution is 0.637. The van der Waals surface area contributed by atoms with Crippen LogP contribution in [0.1, 0.15) is 24.8 Å². The maximum absolute atomic E-state index is 8.71. The maximum Gasteiger partial charge on any atom is 0.0991 e. The number of rotatable bonds is 2. The van der Waals surface area contributed by atoms with E-state index < -0.39 is 0 Å². The van der Waals surface area contributed by atoms with Crippen LogP contribution in [0.3, 0.4) is 0 Å². The number of benzene rings is 1. The molecule has 0 aromatic heterocycles. The molecular weight excluding hydrogens is 198 g/mol. The minimum atomic E-state index is 0.558. The van der Waals surface area contributed by atoms with Gasteiger partial charge in [0.05, 0.1) is 11.6 Å². The monoisotopic (exact) mass is 215 g/mol. The summed E-state index contributed by atoms with van der Waals surface area (Å²) in [6.45, 7) is 2.22. The van der Waals surface area contributed by atoms with Crippen molar-refractivity contribution in [3.8, 4) is 6.07 Å². The van der Waals surface area contributed by atoms with Crippen molar-refractivity contribution in [2.75, 3.05) is 18.4 Å². The molecule has 1 atom stereocenters. The summed E-state index contributed by atoms with van der Waals surface area (Å²) in [7, 11) is 0. The molecule has 1 aliphatic heterocycles. The molecule has 84 valence electrons. The first-order valence-corrected chi connectivity index (χ1v) is 5.86. The van der Waals surface area contributed by atoms with Crippen LogP contribution in [0, 0.1) is 11.3 Å². The van der Waals surface area contributed by atoms with E-state index in [0.717, 1.165) is 18.8 Å². The average molecular weight is 215 g/mol. The van der Waals surface area contributed by atoms with E-state index in [1.165, 1.54) is 19.3 Å². The molecule has 1 aromatic rings. The first-order chi connectivity index (χ1) is 7.88. The number of nitrogens with one attached hydrogen (secondary N) is 2. The van der Waals surface area contributed by atoms with Gasteiger partial charge in [0.2, 0.25) is 0 Å². The third-order valence-electron chi connectivity index (χ3n) is 2.96. The molecule has 1 heterocycles. The zero-order valence-corrected chi connectivity index (χ0v) is 9.37. The van der Waals surface area contributed by atoms with Gasteiger partial charge in [0.25, 0.3) is 0 Å². The van der Waals surface area contributed by atoms with E-state index in [0.29, 0.717) is 11.6 Å². The van der Waals surface area contributed by atoms with Crippen molar-refractivity contribution < 1.29 is 0 Å². The Morgan fingerprint density at radius 2 is 2.00 bits per heavy atom. The molecule has 2 rings (SSSR count). The first-order valence-electron chi connectivity index (χ1n) is 5.86. The fourth-order valence-corrected chi connectivity index (χ4v) is 2.04. The quantitative estimate of drug-likeness (QED) is 0.794. The zero-order valence-electron chi connectivity index (χ0n) is 9.37. The van der Waals surface area contributed by atoms with E-state index in [2.05, 4.69) is 16.7 Å². The van der Waals surface area contributed by atoms with Crippen LogP contribution in [0.2, 0.25) is 0 Å². The van der Waals surface area contributed by atoms with Crippen molar-refractivity contribution in [1.29, 1.82) is 5.26 Å². The van der Waals surface area contributed by atoms with Crippen LogP contribution in [0.25, 0.3) is 0 Å². The van der Waals surface area contributed by atoms with Gasteiger partial charge in [-0.25, -0.2) is 0 Å². The molecule has 0 radical (unpaired) electrons. The molecule has 0 bridgehead atoms. The minimum Gasteiger partial charge on any atom is -0.382 e. The van der Waals surface area contributed by atoms with Crippen LogP contribution in [0.5, 0.6) is 0 Å². The second kappa shape index (κ2) is 5.53. The second-order valence-electron chi connectivity index (χ2n) is 4.21. The molecule has 1 aliphatic rings. The van der Waals surface area contributed by atoms with Crippen LogP contribution >= 0.6 is 0 Å². The van der Waals surface area contributed by atoms with Crippen molar-refractivity contribution in [3.63, 3.8) is 0 Å². The maximum atomic E-state index is 8.71. The van der Waals surface area contributed by atoms with Crippen molar-refractivity contribution in [2.45, 2.75) is 25.3 Å². The normalized spacial score (nSPS) is 20.8. The largest absolute Gasteiger partial charge is 0.382 e. The van der Waals surface area contributed by atoms with Gasteiger partial charge < -0.3 is 10.6 Å². The molecule has 1 fully saturated rings. The van der Waals surface area contributed by atoms with Gasteiger partial charge in [-0.05, 0) is 56.6 Å². The predicted molar refractivity (Wildman–Crippen MR) is 65.3 cm³/mol. The van der Waals surface area contributed by atoms with Crippen LogP contribution < -0.4 is 10.6 Å². The van der Waals surface area contributed by atoms with E-state index in [1.54, 1.807) is 0 Å². The van der Waals surface area contributed by atoms with E-state index >= 15 is 0 Å². The Kier molecular flexibility index (Phi) is 3.79. The summed E-state index contributed by atoms with van der Waals surface area (Å²) < 4.78 is 0. The SMILES string of the molecule is N#Cc1ccc(NC2CCCNCC2)cc1. The van der Waals surface area contributed by atoms with Crippen LogP contribution in [0.15, 0.2) is 24.3 Å². The highest BCUT2D eigenvalue weighted by Crippen LogP contribution is 2.14. The van der Waals surface area contributed by atoms with Gasteiger partial charge in [-0.1, -0.05) is 0 Å². The molecule has 0 saturated carbocycles. The van der Waals surface area contributed by atoms with Gasteiger partial charge >= 0.3 is 0 Å². The summed E-state index contributed by atoms with van der Waals surface area (Å²) in [5.74, 6) is 0. The number of nitriles is 1. The third kappa shape index (κ3) is 2.98. The molecule has 3 nitrogen and oxygen atoms in total. The third-order valence-corrected chi connectivity index (χ3v) is 2.96. The minimum absolute atomic E-state index is 0.558. The van der Waals surface area contributed by atoms with E-state index in [-0.39, 0.29) is 0 Å². The predicted octanol–water partition coefficient (Wildman–Crippen LogP) is 2.11. The summed E-state index contributed by atoms with van der Waals surface area (Å²) >= 11 is 0. The standard InChI is InChI=1S/C13H17N3/c14-10-11-3-5-13(6-4-11)16-12-2-1-8-15-9-7-12/h3-6,12,15-16H,1-2,7-9H2. The van der Waals surface area contributed by atoms with E-state index in [9.17, 15) is 0 Å². The van der Waals surface area contributed by atoms with Crippen molar-refractivity contribution in [2.24, 2.45) is 0 Å². The van der Waals surface area contributed by atoms with Crippen molar-refractivity contribution >= 4 is 5.69 Å². The molecular formula is C13H17N3. The first kappa shape index (κ1) is 11.0. The summed E-state index contributed by atoms with van der Waals surface area (Å²) in [6, 6.07) is 10.4. The van der Waals surface area contributed by atoms with Crippen molar-refractivity contribution in [1.82, 2.24) is 5.32 Å². The summed E-state index contributed by atoms with van der Waals surface area (Å²) in [5.41, 5.74) is 1.83. The molecule has 1 aromatic carbocycles. The van der Waals surface area contributed by atoms with Crippen LogP contribution in [-0.4, -0.2) is 19.1 Å². The Bertz CT molecular complexity index is 356. The Hall–Kier alpha value is -1.53. The molecule has 16 heavy (non-hydrogen) atoms. The summed E-state index contributed by atoms with van der Waals surface area (Å²) in [6.07, 6.45) is 3.61. The molecule has 1 unspecified atom stereocenters. The number of anilines is 1. The summed E-state index contributed by atoms with van der Waals surface area (Å²) in [5, 5.41) is 15.6. The van der Waals surface area contributed by atoms with Gasteiger partial charge in [-0.15, -0.1) is 0 Å². The lowest BCUT2D eigenvalue weighted by Crippen LogP contribution is -2.21. The fourth-order valence-electron chi connectivity index (χ4n) is 2.04. The number of hydrogen-bond acceptors (Lipinski definition) is 3. The van der Waals surface area contributed by atoms with E-state index in [4.69, 9.17) is 5.26 Å². The fraction of sp³-hybridized carbons (Fsp3) is 0.462. The van der Waals surface area contributed by atoms with E-state index in [1.807, 2.05) is 24.3 Å². The van der Waals surface area contributed by atoms with Crippen molar-refractivity contribution in [3.05, 3.63) is 29.8 Å². The number of nitrogens with zero attached hydrogens (tertiary/aromatic N) is 1. The number of hydrogen-bond donors (Lipinski definition) is 2. The van der Waals surface area contributed by atoms with Crippen LogP contribution in [0.4, 0.5) is 5.69 Å². The highest BCUT2D eigenvalue weighted by atomic mass is 14.9. The molecule has 2 N–H and O–H groups in total. The Labute approximate surface area is 96.5 Å². The van der Waals surface area contributed by atoms with Gasteiger partial charge in [0, 0.05) is 11.7 Å².